The number of nitrogens with one attached hydrogen (secondary N) is 1. The van der Waals surface area contributed by atoms with Crippen molar-refractivity contribution < 1.29 is 14.5 Å². The molecule has 0 aliphatic carbocycles. The average Bonchev–Trinajstić information content (AvgIpc) is 2.39. The quantitative estimate of drug-likeness (QED) is 0.685. The summed E-state index contributed by atoms with van der Waals surface area (Å²) in [5, 5.41) is 12.9. The fourth-order valence-electron chi connectivity index (χ4n) is 1.48. The van der Waals surface area contributed by atoms with Crippen molar-refractivity contribution in [3.8, 4) is 5.75 Å². The number of ether oxygens (including phenoxy) is 1. The molecule has 0 bridgehead atoms. The van der Waals surface area contributed by atoms with Crippen LogP contribution in [0.2, 0.25) is 0 Å². The number of carbonyl (C=O) groups is 1. The van der Waals surface area contributed by atoms with Crippen molar-refractivity contribution in [1.82, 2.24) is 4.98 Å². The maximum Gasteiger partial charge on any atom is 0.418 e. The van der Waals surface area contributed by atoms with Crippen LogP contribution in [0.15, 0.2) is 42.6 Å². The summed E-state index contributed by atoms with van der Waals surface area (Å²) in [4.78, 5) is 25.5. The number of rotatable bonds is 3. The van der Waals surface area contributed by atoms with Crippen molar-refractivity contribution in [3.63, 3.8) is 0 Å². The van der Waals surface area contributed by atoms with Crippen molar-refractivity contribution in [2.24, 2.45) is 0 Å². The second-order valence-corrected chi connectivity index (χ2v) is 3.98. The molecule has 1 aromatic carbocycles. The molecule has 0 saturated carbocycles. The van der Waals surface area contributed by atoms with Gasteiger partial charge in [0.2, 0.25) is 0 Å². The number of anilines is 1. The highest BCUT2D eigenvalue weighted by atomic mass is 16.6. The number of amides is 1. The molecule has 1 amide bonds. The first-order valence-electron chi connectivity index (χ1n) is 5.70. The van der Waals surface area contributed by atoms with E-state index in [1.54, 1.807) is 18.3 Å². The minimum absolute atomic E-state index is 0.0712. The lowest BCUT2D eigenvalue weighted by atomic mass is 10.3. The summed E-state index contributed by atoms with van der Waals surface area (Å²) >= 11 is 0. The van der Waals surface area contributed by atoms with E-state index in [1.807, 2.05) is 6.92 Å². The SMILES string of the molecule is Cc1ccnc(NC(=O)Oc2ccc([N+](=O)[O-])cc2)c1. The first-order chi connectivity index (χ1) is 9.54. The molecule has 1 heterocycles. The third kappa shape index (κ3) is 3.52. The number of benzene rings is 1. The highest BCUT2D eigenvalue weighted by Crippen LogP contribution is 2.17. The summed E-state index contributed by atoms with van der Waals surface area (Å²) < 4.78 is 4.98. The zero-order valence-electron chi connectivity index (χ0n) is 10.6. The number of aryl methyl sites for hydroxylation is 1. The summed E-state index contributed by atoms with van der Waals surface area (Å²) in [6, 6.07) is 8.70. The van der Waals surface area contributed by atoms with E-state index in [4.69, 9.17) is 4.74 Å². The standard InChI is InChI=1S/C13H11N3O4/c1-9-6-7-14-12(8-9)15-13(17)20-11-4-2-10(3-5-11)16(18)19/h2-8H,1H3,(H,14,15,17). The van der Waals surface area contributed by atoms with E-state index in [0.29, 0.717) is 5.82 Å². The molecule has 0 saturated heterocycles. The number of pyridine rings is 1. The number of hydrogen-bond donors (Lipinski definition) is 1. The van der Waals surface area contributed by atoms with Crippen LogP contribution in [-0.4, -0.2) is 16.0 Å². The first kappa shape index (κ1) is 13.5. The molecule has 0 spiro atoms. The van der Waals surface area contributed by atoms with Crippen molar-refractivity contribution in [3.05, 3.63) is 58.3 Å². The van der Waals surface area contributed by atoms with Crippen LogP contribution in [-0.2, 0) is 0 Å². The Hall–Kier alpha value is -2.96. The van der Waals surface area contributed by atoms with Gasteiger partial charge < -0.3 is 4.74 Å². The normalized spacial score (nSPS) is 9.85. The third-order valence-electron chi connectivity index (χ3n) is 2.40. The highest BCUT2D eigenvalue weighted by Gasteiger charge is 2.08. The molecule has 1 aromatic heterocycles. The fraction of sp³-hybridized carbons (Fsp3) is 0.0769. The summed E-state index contributed by atoms with van der Waals surface area (Å²) in [7, 11) is 0. The minimum atomic E-state index is -0.711. The van der Waals surface area contributed by atoms with Crippen LogP contribution in [0.25, 0.3) is 0 Å². The molecule has 7 heteroatoms. The van der Waals surface area contributed by atoms with E-state index < -0.39 is 11.0 Å². The second kappa shape index (κ2) is 5.79. The van der Waals surface area contributed by atoms with Gasteiger partial charge in [-0.2, -0.15) is 0 Å². The van der Waals surface area contributed by atoms with Gasteiger partial charge in [-0.25, -0.2) is 9.78 Å². The maximum absolute atomic E-state index is 11.6. The van der Waals surface area contributed by atoms with Gasteiger partial charge in [0, 0.05) is 18.3 Å². The van der Waals surface area contributed by atoms with Crippen LogP contribution < -0.4 is 10.1 Å². The Bertz CT molecular complexity index is 640. The van der Waals surface area contributed by atoms with Gasteiger partial charge in [0.1, 0.15) is 11.6 Å². The van der Waals surface area contributed by atoms with Gasteiger partial charge in [-0.15, -0.1) is 0 Å². The molecule has 0 radical (unpaired) electrons. The van der Waals surface area contributed by atoms with Crippen LogP contribution in [0, 0.1) is 17.0 Å². The molecule has 0 unspecified atom stereocenters. The van der Waals surface area contributed by atoms with Crippen LogP contribution in [0.1, 0.15) is 5.56 Å². The molecular weight excluding hydrogens is 262 g/mol. The first-order valence-corrected chi connectivity index (χ1v) is 5.70. The van der Waals surface area contributed by atoms with Crippen LogP contribution >= 0.6 is 0 Å². The van der Waals surface area contributed by atoms with E-state index in [-0.39, 0.29) is 11.4 Å². The Labute approximate surface area is 114 Å². The molecule has 0 aliphatic heterocycles. The molecule has 102 valence electrons. The van der Waals surface area contributed by atoms with Gasteiger partial charge in [0.25, 0.3) is 5.69 Å². The van der Waals surface area contributed by atoms with E-state index in [0.717, 1.165) is 5.56 Å². The zero-order chi connectivity index (χ0) is 14.5. The lowest BCUT2D eigenvalue weighted by Crippen LogP contribution is -2.17. The van der Waals surface area contributed by atoms with Crippen molar-refractivity contribution >= 4 is 17.6 Å². The largest absolute Gasteiger partial charge is 0.418 e. The van der Waals surface area contributed by atoms with E-state index in [1.165, 1.54) is 24.3 Å². The lowest BCUT2D eigenvalue weighted by Gasteiger charge is -2.06. The number of carbonyl (C=O) groups excluding carboxylic acids is 1. The Morgan fingerprint density at radius 3 is 2.60 bits per heavy atom. The van der Waals surface area contributed by atoms with Gasteiger partial charge in [0.05, 0.1) is 4.92 Å². The molecule has 0 atom stereocenters. The molecule has 20 heavy (non-hydrogen) atoms. The van der Waals surface area contributed by atoms with Crippen molar-refractivity contribution in [2.45, 2.75) is 6.92 Å². The van der Waals surface area contributed by atoms with E-state index in [2.05, 4.69) is 10.3 Å². The lowest BCUT2D eigenvalue weighted by molar-refractivity contribution is -0.384. The van der Waals surface area contributed by atoms with Crippen molar-refractivity contribution in [2.75, 3.05) is 5.32 Å². The molecule has 1 N–H and O–H groups in total. The molecule has 0 aliphatic rings. The number of non-ortho nitro benzene ring substituents is 1. The maximum atomic E-state index is 11.6. The summed E-state index contributed by atoms with van der Waals surface area (Å²) in [5.41, 5.74) is 0.878. The molecule has 2 aromatic rings. The number of nitro groups is 1. The van der Waals surface area contributed by atoms with Gasteiger partial charge in [-0.05, 0) is 36.8 Å². The number of aromatic nitrogens is 1. The predicted molar refractivity (Wildman–Crippen MR) is 71.7 cm³/mol. The zero-order valence-corrected chi connectivity index (χ0v) is 10.6. The Morgan fingerprint density at radius 1 is 1.30 bits per heavy atom. The molecule has 0 fully saturated rings. The Balaban J connectivity index is 1.99. The molecular formula is C13H11N3O4. The van der Waals surface area contributed by atoms with Crippen LogP contribution in [0.3, 0.4) is 0 Å². The molecule has 2 rings (SSSR count). The smallest absolute Gasteiger partial charge is 0.410 e. The fourth-order valence-corrected chi connectivity index (χ4v) is 1.48. The summed E-state index contributed by atoms with van der Waals surface area (Å²) in [6.07, 6.45) is 0.855. The Kier molecular flexibility index (Phi) is 3.90. The average molecular weight is 273 g/mol. The van der Waals surface area contributed by atoms with Gasteiger partial charge >= 0.3 is 6.09 Å². The Morgan fingerprint density at radius 2 is 2.00 bits per heavy atom. The molecule has 7 nitrogen and oxygen atoms in total. The van der Waals surface area contributed by atoms with Crippen LogP contribution in [0.4, 0.5) is 16.3 Å². The van der Waals surface area contributed by atoms with E-state index in [9.17, 15) is 14.9 Å². The number of nitro benzene ring substituents is 1. The summed E-state index contributed by atoms with van der Waals surface area (Å²) in [6.45, 7) is 1.87. The van der Waals surface area contributed by atoms with Gasteiger partial charge in [-0.3, -0.25) is 15.4 Å². The minimum Gasteiger partial charge on any atom is -0.410 e. The monoisotopic (exact) mass is 273 g/mol. The summed E-state index contributed by atoms with van der Waals surface area (Å²) in [5.74, 6) is 0.581. The van der Waals surface area contributed by atoms with Gasteiger partial charge in [0.15, 0.2) is 0 Å². The highest BCUT2D eigenvalue weighted by molar-refractivity contribution is 5.85. The van der Waals surface area contributed by atoms with Crippen LogP contribution in [0.5, 0.6) is 5.75 Å². The van der Waals surface area contributed by atoms with Crippen molar-refractivity contribution in [1.29, 1.82) is 0 Å². The topological polar surface area (TPSA) is 94.4 Å². The predicted octanol–water partition coefficient (Wildman–Crippen LogP) is 2.91. The second-order valence-electron chi connectivity index (χ2n) is 3.98. The number of hydrogen-bond acceptors (Lipinski definition) is 5. The third-order valence-corrected chi connectivity index (χ3v) is 2.40. The van der Waals surface area contributed by atoms with E-state index >= 15 is 0 Å². The van der Waals surface area contributed by atoms with Gasteiger partial charge in [-0.1, -0.05) is 0 Å². The number of nitrogens with zero attached hydrogens (tertiary/aromatic N) is 2.